The van der Waals surface area contributed by atoms with Crippen LogP contribution in [0.1, 0.15) is 62.5 Å². The number of ether oxygens (including phenoxy) is 1. The number of benzene rings is 1. The van der Waals surface area contributed by atoms with Crippen LogP contribution in [0.3, 0.4) is 0 Å². The lowest BCUT2D eigenvalue weighted by molar-refractivity contribution is 0.0374. The zero-order chi connectivity index (χ0) is 22.9. The molecular weight excluding hydrogens is 396 g/mol. The van der Waals surface area contributed by atoms with Crippen LogP contribution in [0.25, 0.3) is 11.4 Å². The van der Waals surface area contributed by atoms with Crippen LogP contribution in [0.4, 0.5) is 5.69 Å². The second kappa shape index (κ2) is 12.3. The summed E-state index contributed by atoms with van der Waals surface area (Å²) in [5.41, 5.74) is 7.41. The van der Waals surface area contributed by atoms with E-state index in [2.05, 4.69) is 62.6 Å². The molecule has 0 bridgehead atoms. The molecule has 1 aliphatic rings. The number of aromatic nitrogens is 2. The molecule has 1 aromatic carbocycles. The third-order valence-electron chi connectivity index (χ3n) is 6.39. The highest BCUT2D eigenvalue weighted by Crippen LogP contribution is 2.31. The minimum Gasteiger partial charge on any atom is -0.379 e. The Balaban J connectivity index is 1.97. The van der Waals surface area contributed by atoms with Crippen molar-refractivity contribution in [3.8, 4) is 11.4 Å². The molecule has 0 unspecified atom stereocenters. The molecule has 1 saturated heterocycles. The topological polar surface area (TPSA) is 41.5 Å². The van der Waals surface area contributed by atoms with Crippen LogP contribution in [0, 0.1) is 13.8 Å². The van der Waals surface area contributed by atoms with E-state index in [0.717, 1.165) is 89.6 Å². The summed E-state index contributed by atoms with van der Waals surface area (Å²) in [4.78, 5) is 15.4. The summed E-state index contributed by atoms with van der Waals surface area (Å²) in [6.07, 6.45) is 5.35. The maximum atomic E-state index is 5.51. The smallest absolute Gasteiger partial charge is 0.160 e. The van der Waals surface area contributed by atoms with Crippen LogP contribution in [-0.4, -0.2) is 60.8 Å². The van der Waals surface area contributed by atoms with Crippen molar-refractivity contribution in [2.45, 2.75) is 66.7 Å². The fraction of sp³-hybridized carbons (Fsp3) is 0.630. The lowest BCUT2D eigenvalue weighted by atomic mass is 9.99. The first-order valence-corrected chi connectivity index (χ1v) is 12.6. The van der Waals surface area contributed by atoms with Gasteiger partial charge < -0.3 is 9.64 Å². The Kier molecular flexibility index (Phi) is 9.49. The van der Waals surface area contributed by atoms with Gasteiger partial charge in [0.2, 0.25) is 0 Å². The van der Waals surface area contributed by atoms with Gasteiger partial charge in [-0.1, -0.05) is 39.0 Å². The number of nitrogens with zero attached hydrogens (tertiary/aromatic N) is 4. The Morgan fingerprint density at radius 1 is 1.00 bits per heavy atom. The normalized spacial score (nSPS) is 14.7. The number of morpholine rings is 1. The van der Waals surface area contributed by atoms with Crippen molar-refractivity contribution in [3.05, 3.63) is 40.7 Å². The van der Waals surface area contributed by atoms with Gasteiger partial charge in [-0.05, 0) is 63.6 Å². The van der Waals surface area contributed by atoms with E-state index in [9.17, 15) is 0 Å². The standard InChI is InChI=1S/C27H42N4O/c1-6-14-31(15-7-2)26-22(5)28-27(25-21(4)11-9-12-23(25)8-3)29-24(26)13-10-16-30-17-19-32-20-18-30/h9,11-12H,6-8,10,13-20H2,1-5H3. The third kappa shape index (κ3) is 6.08. The second-order valence-electron chi connectivity index (χ2n) is 8.94. The van der Waals surface area contributed by atoms with Crippen LogP contribution in [0.15, 0.2) is 18.2 Å². The Morgan fingerprint density at radius 3 is 2.38 bits per heavy atom. The van der Waals surface area contributed by atoms with E-state index in [1.807, 2.05) is 0 Å². The first kappa shape index (κ1) is 24.7. The van der Waals surface area contributed by atoms with Gasteiger partial charge in [0.15, 0.2) is 5.82 Å². The third-order valence-corrected chi connectivity index (χ3v) is 6.39. The van der Waals surface area contributed by atoms with Gasteiger partial charge in [-0.3, -0.25) is 4.90 Å². The van der Waals surface area contributed by atoms with Crippen molar-refractivity contribution in [3.63, 3.8) is 0 Å². The number of rotatable bonds is 11. The van der Waals surface area contributed by atoms with Crippen LogP contribution in [0.2, 0.25) is 0 Å². The first-order chi connectivity index (χ1) is 15.6. The van der Waals surface area contributed by atoms with E-state index >= 15 is 0 Å². The van der Waals surface area contributed by atoms with Crippen LogP contribution in [0.5, 0.6) is 0 Å². The predicted molar refractivity (Wildman–Crippen MR) is 135 cm³/mol. The quantitative estimate of drug-likeness (QED) is 0.481. The molecule has 2 aromatic rings. The van der Waals surface area contributed by atoms with Gasteiger partial charge in [-0.25, -0.2) is 9.97 Å². The van der Waals surface area contributed by atoms with Crippen LogP contribution in [-0.2, 0) is 17.6 Å². The molecule has 1 aromatic heterocycles. The molecular formula is C27H42N4O. The summed E-state index contributed by atoms with van der Waals surface area (Å²) in [6.45, 7) is 18.1. The summed E-state index contributed by atoms with van der Waals surface area (Å²) < 4.78 is 5.51. The number of hydrogen-bond acceptors (Lipinski definition) is 5. The predicted octanol–water partition coefficient (Wildman–Crippen LogP) is 5.21. The van der Waals surface area contributed by atoms with Gasteiger partial charge in [0.25, 0.3) is 0 Å². The maximum absolute atomic E-state index is 5.51. The fourth-order valence-electron chi connectivity index (χ4n) is 4.84. The lowest BCUT2D eigenvalue weighted by Crippen LogP contribution is -2.37. The summed E-state index contributed by atoms with van der Waals surface area (Å²) in [7, 11) is 0. The largest absolute Gasteiger partial charge is 0.379 e. The zero-order valence-electron chi connectivity index (χ0n) is 20.9. The van der Waals surface area contributed by atoms with E-state index in [-0.39, 0.29) is 0 Å². The molecule has 176 valence electrons. The van der Waals surface area contributed by atoms with E-state index in [1.165, 1.54) is 28.1 Å². The molecule has 0 saturated carbocycles. The molecule has 1 fully saturated rings. The molecule has 0 atom stereocenters. The average molecular weight is 439 g/mol. The molecule has 0 N–H and O–H groups in total. The molecule has 5 heteroatoms. The molecule has 1 aliphatic heterocycles. The molecule has 32 heavy (non-hydrogen) atoms. The fourth-order valence-corrected chi connectivity index (χ4v) is 4.84. The zero-order valence-corrected chi connectivity index (χ0v) is 20.9. The number of aryl methyl sites for hydroxylation is 4. The SMILES string of the molecule is CCCN(CCC)c1c(C)nc(-c2c(C)cccc2CC)nc1CCCN1CCOCC1. The number of hydrogen-bond donors (Lipinski definition) is 0. The molecule has 0 amide bonds. The van der Waals surface area contributed by atoms with Gasteiger partial charge in [-0.15, -0.1) is 0 Å². The van der Waals surface area contributed by atoms with E-state index < -0.39 is 0 Å². The van der Waals surface area contributed by atoms with E-state index in [1.54, 1.807) is 0 Å². The summed E-state index contributed by atoms with van der Waals surface area (Å²) in [6, 6.07) is 6.54. The van der Waals surface area contributed by atoms with Crippen molar-refractivity contribution in [2.75, 3.05) is 50.8 Å². The monoisotopic (exact) mass is 438 g/mol. The Hall–Kier alpha value is -1.98. The first-order valence-electron chi connectivity index (χ1n) is 12.6. The molecule has 0 aliphatic carbocycles. The summed E-state index contributed by atoms with van der Waals surface area (Å²) >= 11 is 0. The Labute approximate surface area is 195 Å². The maximum Gasteiger partial charge on any atom is 0.160 e. The Morgan fingerprint density at radius 2 is 1.72 bits per heavy atom. The van der Waals surface area contributed by atoms with Crippen LogP contribution >= 0.6 is 0 Å². The van der Waals surface area contributed by atoms with Gasteiger partial charge in [0.1, 0.15) is 0 Å². The molecule has 5 nitrogen and oxygen atoms in total. The average Bonchev–Trinajstić information content (AvgIpc) is 2.79. The summed E-state index contributed by atoms with van der Waals surface area (Å²) in [5, 5.41) is 0. The Bertz CT molecular complexity index is 855. The molecule has 2 heterocycles. The summed E-state index contributed by atoms with van der Waals surface area (Å²) in [5.74, 6) is 0.899. The highest BCUT2D eigenvalue weighted by Gasteiger charge is 2.20. The molecule has 3 rings (SSSR count). The highest BCUT2D eigenvalue weighted by molar-refractivity contribution is 5.67. The van der Waals surface area contributed by atoms with E-state index in [0.29, 0.717) is 0 Å². The van der Waals surface area contributed by atoms with Gasteiger partial charge >= 0.3 is 0 Å². The van der Waals surface area contributed by atoms with Crippen LogP contribution < -0.4 is 4.90 Å². The van der Waals surface area contributed by atoms with Crippen molar-refractivity contribution in [1.29, 1.82) is 0 Å². The lowest BCUT2D eigenvalue weighted by Gasteiger charge is -2.29. The van der Waals surface area contributed by atoms with Gasteiger partial charge in [0, 0.05) is 31.7 Å². The van der Waals surface area contributed by atoms with Crippen molar-refractivity contribution in [2.24, 2.45) is 0 Å². The molecule has 0 radical (unpaired) electrons. The minimum absolute atomic E-state index is 0.857. The minimum atomic E-state index is 0.857. The second-order valence-corrected chi connectivity index (χ2v) is 8.94. The highest BCUT2D eigenvalue weighted by atomic mass is 16.5. The number of anilines is 1. The molecule has 0 spiro atoms. The van der Waals surface area contributed by atoms with E-state index in [4.69, 9.17) is 14.7 Å². The van der Waals surface area contributed by atoms with Crippen molar-refractivity contribution < 1.29 is 4.74 Å². The van der Waals surface area contributed by atoms with Gasteiger partial charge in [-0.2, -0.15) is 0 Å². The van der Waals surface area contributed by atoms with Crippen molar-refractivity contribution in [1.82, 2.24) is 14.9 Å². The van der Waals surface area contributed by atoms with Gasteiger partial charge in [0.05, 0.1) is 30.3 Å². The van der Waals surface area contributed by atoms with Crippen molar-refractivity contribution >= 4 is 5.69 Å².